The highest BCUT2D eigenvalue weighted by Gasteiger charge is 3.23. The van der Waals surface area contributed by atoms with E-state index in [4.69, 9.17) is 0 Å². The second-order valence-electron chi connectivity index (χ2n) is 7.23. The first-order chi connectivity index (χ1) is 13.5. The molecule has 0 bridgehead atoms. The molecule has 0 saturated heterocycles. The number of halogens is 20. The van der Waals surface area contributed by atoms with E-state index < -0.39 is 70.1 Å². The van der Waals surface area contributed by atoms with Crippen molar-refractivity contribution in [2.24, 2.45) is 0 Å². The van der Waals surface area contributed by atoms with Crippen molar-refractivity contribution >= 4 is 0 Å². The summed E-state index contributed by atoms with van der Waals surface area (Å²) in [6.45, 7) is 0. The van der Waals surface area contributed by atoms with Gasteiger partial charge in [-0.2, -0.15) is 70.2 Å². The topological polar surface area (TPSA) is 0 Å². The molecule has 32 heavy (non-hydrogen) atoms. The highest BCUT2D eigenvalue weighted by atomic mass is 19.4. The summed E-state index contributed by atoms with van der Waals surface area (Å²) in [5.74, 6) is -68.7. The van der Waals surface area contributed by atoms with Gasteiger partial charge in [-0.05, 0) is 0 Å². The second kappa shape index (κ2) is 4.86. The molecule has 3 aliphatic rings. The SMILES string of the molecule is FC1(F)C(F)(F)C2(F)C(F)(F)C(F)(F)C(F)(F)C3(F)C(F)(F)C(F)(F)C(F)(C1(F)F)C23F. The normalized spacial score (nSPS) is 49.9. The van der Waals surface area contributed by atoms with Crippen LogP contribution in [0.2, 0.25) is 0 Å². The van der Waals surface area contributed by atoms with Crippen molar-refractivity contribution in [1.82, 2.24) is 0 Å². The summed E-state index contributed by atoms with van der Waals surface area (Å²) in [7, 11) is 0. The predicted octanol–water partition coefficient (Wildman–Crippen LogP) is 5.94. The molecule has 3 fully saturated rings. The van der Waals surface area contributed by atoms with Gasteiger partial charge < -0.3 is 0 Å². The zero-order valence-corrected chi connectivity index (χ0v) is 13.6. The van der Waals surface area contributed by atoms with Crippen LogP contribution in [-0.4, -0.2) is 70.1 Å². The molecule has 3 rings (SSSR count). The molecule has 0 aromatic carbocycles. The van der Waals surface area contributed by atoms with Crippen LogP contribution in [0.25, 0.3) is 0 Å². The third-order valence-electron chi connectivity index (χ3n) is 5.99. The van der Waals surface area contributed by atoms with Crippen molar-refractivity contribution in [3.05, 3.63) is 0 Å². The molecule has 188 valence electrons. The predicted molar refractivity (Wildman–Crippen MR) is 54.9 cm³/mol. The van der Waals surface area contributed by atoms with Gasteiger partial charge in [0.15, 0.2) is 0 Å². The molecule has 0 heterocycles. The molecule has 2 atom stereocenters. The lowest BCUT2D eigenvalue weighted by Crippen LogP contribution is -2.98. The average Bonchev–Trinajstić information content (AvgIpc) is 2.68. The zero-order chi connectivity index (χ0) is 26.0. The van der Waals surface area contributed by atoms with E-state index in [1.807, 2.05) is 0 Å². The van der Waals surface area contributed by atoms with Crippen molar-refractivity contribution in [2.45, 2.75) is 70.1 Å². The van der Waals surface area contributed by atoms with Crippen molar-refractivity contribution in [3.8, 4) is 0 Å². The lowest BCUT2D eigenvalue weighted by molar-refractivity contribution is -0.530. The van der Waals surface area contributed by atoms with Gasteiger partial charge in [0.05, 0.1) is 0 Å². The van der Waals surface area contributed by atoms with Crippen LogP contribution in [0.4, 0.5) is 87.8 Å². The van der Waals surface area contributed by atoms with Crippen molar-refractivity contribution in [3.63, 3.8) is 0 Å². The van der Waals surface area contributed by atoms with Crippen LogP contribution in [0.3, 0.4) is 0 Å². The molecular formula is C12F20. The van der Waals surface area contributed by atoms with Gasteiger partial charge in [-0.1, -0.05) is 0 Å². The van der Waals surface area contributed by atoms with E-state index in [0.717, 1.165) is 0 Å². The molecule has 0 aliphatic heterocycles. The maximum Gasteiger partial charge on any atom is 0.379 e. The minimum absolute atomic E-state index is 8.53. The van der Waals surface area contributed by atoms with Gasteiger partial charge in [0.25, 0.3) is 17.0 Å². The Balaban J connectivity index is 2.81. The Kier molecular flexibility index (Phi) is 3.83. The first-order valence-corrected chi connectivity index (χ1v) is 7.28. The number of hydrogen-bond donors (Lipinski definition) is 0. The Labute approximate surface area is 159 Å². The van der Waals surface area contributed by atoms with Crippen LogP contribution in [0.5, 0.6) is 0 Å². The molecule has 20 heteroatoms. The minimum atomic E-state index is -8.88. The van der Waals surface area contributed by atoms with Crippen LogP contribution in [0.1, 0.15) is 0 Å². The van der Waals surface area contributed by atoms with Crippen LogP contribution >= 0.6 is 0 Å². The van der Waals surface area contributed by atoms with Gasteiger partial charge in [0.2, 0.25) is 5.67 Å². The fourth-order valence-electron chi connectivity index (χ4n) is 4.29. The monoisotopic (exact) mass is 524 g/mol. The van der Waals surface area contributed by atoms with Gasteiger partial charge in [0, 0.05) is 0 Å². The summed E-state index contributed by atoms with van der Waals surface area (Å²) in [6.07, 6.45) is 0. The van der Waals surface area contributed by atoms with Crippen LogP contribution in [0, 0.1) is 0 Å². The maximum atomic E-state index is 15.0. The molecule has 0 N–H and O–H groups in total. The fourth-order valence-corrected chi connectivity index (χ4v) is 4.29. The fraction of sp³-hybridized carbons (Fsp3) is 1.00. The van der Waals surface area contributed by atoms with Gasteiger partial charge in [0.1, 0.15) is 0 Å². The average molecular weight is 524 g/mol. The van der Waals surface area contributed by atoms with E-state index in [2.05, 4.69) is 0 Å². The van der Waals surface area contributed by atoms with Gasteiger partial charge in [-0.25, -0.2) is 17.6 Å². The molecular weight excluding hydrogens is 524 g/mol. The van der Waals surface area contributed by atoms with E-state index in [1.54, 1.807) is 0 Å². The Morgan fingerprint density at radius 3 is 0.438 bits per heavy atom. The summed E-state index contributed by atoms with van der Waals surface area (Å²) in [4.78, 5) is 0. The lowest BCUT2D eigenvalue weighted by Gasteiger charge is -2.63. The molecule has 2 unspecified atom stereocenters. The third-order valence-corrected chi connectivity index (χ3v) is 5.99. The second-order valence-corrected chi connectivity index (χ2v) is 7.23. The molecule has 0 aromatic heterocycles. The number of rotatable bonds is 0. The van der Waals surface area contributed by atoms with Crippen molar-refractivity contribution < 1.29 is 87.8 Å². The molecule has 0 aromatic rings. The van der Waals surface area contributed by atoms with Crippen LogP contribution in [-0.2, 0) is 0 Å². The van der Waals surface area contributed by atoms with E-state index >= 15 is 4.39 Å². The summed E-state index contributed by atoms with van der Waals surface area (Å²) >= 11 is 0. The van der Waals surface area contributed by atoms with Gasteiger partial charge in [-0.3, -0.25) is 0 Å². The first kappa shape index (κ1) is 25.2. The molecule has 0 radical (unpaired) electrons. The highest BCUT2D eigenvalue weighted by Crippen LogP contribution is 2.88. The largest absolute Gasteiger partial charge is 0.379 e. The quantitative estimate of drug-likeness (QED) is 0.345. The first-order valence-electron chi connectivity index (χ1n) is 7.28. The number of alkyl halides is 20. The molecule has 3 aliphatic carbocycles. The Morgan fingerprint density at radius 1 is 0.156 bits per heavy atom. The van der Waals surface area contributed by atoms with E-state index in [9.17, 15) is 83.4 Å². The summed E-state index contributed by atoms with van der Waals surface area (Å²) < 4.78 is 279. The molecule has 0 amide bonds. The Morgan fingerprint density at radius 2 is 0.281 bits per heavy atom. The molecule has 0 nitrogen and oxygen atoms in total. The lowest BCUT2D eigenvalue weighted by atomic mass is 9.50. The van der Waals surface area contributed by atoms with Crippen LogP contribution < -0.4 is 0 Å². The van der Waals surface area contributed by atoms with Gasteiger partial charge in [-0.15, -0.1) is 0 Å². The Bertz CT molecular complexity index is 819. The van der Waals surface area contributed by atoms with E-state index in [1.165, 1.54) is 0 Å². The van der Waals surface area contributed by atoms with E-state index in [0.29, 0.717) is 0 Å². The molecule has 3 saturated carbocycles. The smallest absolute Gasteiger partial charge is 0.232 e. The van der Waals surface area contributed by atoms with Crippen LogP contribution in [0.15, 0.2) is 0 Å². The summed E-state index contributed by atoms with van der Waals surface area (Å²) in [6, 6.07) is 0. The van der Waals surface area contributed by atoms with E-state index in [-0.39, 0.29) is 0 Å². The zero-order valence-electron chi connectivity index (χ0n) is 13.6. The Hall–Kier alpha value is -1.40. The van der Waals surface area contributed by atoms with Gasteiger partial charge >= 0.3 is 47.4 Å². The van der Waals surface area contributed by atoms with Crippen molar-refractivity contribution in [2.75, 3.05) is 0 Å². The maximum absolute atomic E-state index is 15.0. The standard InChI is InChI=1S/C12F20/c13-1-2(14)5(17,18)6(19,20)3(1,15)8(23,24)12(31,32)10(27,28)4(1,16)9(25,26)11(29,30)7(2,21)22. The minimum Gasteiger partial charge on any atom is -0.232 e. The number of hydrogen-bond acceptors (Lipinski definition) is 0. The highest BCUT2D eigenvalue weighted by molar-refractivity contribution is 5.54. The molecule has 0 spiro atoms. The summed E-state index contributed by atoms with van der Waals surface area (Å²) in [5, 5.41) is 0. The summed E-state index contributed by atoms with van der Waals surface area (Å²) in [5.41, 5.74) is -35.1. The van der Waals surface area contributed by atoms with Crippen molar-refractivity contribution in [1.29, 1.82) is 0 Å². The third kappa shape index (κ3) is 1.40.